The third-order valence-electron chi connectivity index (χ3n) is 10.0. The van der Waals surface area contributed by atoms with Crippen molar-refractivity contribution in [2.24, 2.45) is 28.6 Å². The van der Waals surface area contributed by atoms with Crippen LogP contribution in [0.2, 0.25) is 0 Å². The van der Waals surface area contributed by atoms with Gasteiger partial charge in [0.15, 0.2) is 5.76 Å². The van der Waals surface area contributed by atoms with Crippen molar-refractivity contribution in [3.8, 4) is 11.8 Å². The van der Waals surface area contributed by atoms with E-state index < -0.39 is 17.3 Å². The lowest BCUT2D eigenvalue weighted by Gasteiger charge is -2.58. The van der Waals surface area contributed by atoms with Crippen LogP contribution in [0.3, 0.4) is 0 Å². The third kappa shape index (κ3) is 3.34. The Labute approximate surface area is 203 Å². The van der Waals surface area contributed by atoms with Crippen LogP contribution in [-0.2, 0) is 12.6 Å². The highest BCUT2D eigenvalue weighted by atomic mass is 19.4. The van der Waals surface area contributed by atoms with Gasteiger partial charge in [-0.05, 0) is 92.4 Å². The molecule has 0 radical (unpaired) electrons. The van der Waals surface area contributed by atoms with E-state index in [0.29, 0.717) is 29.7 Å². The molecule has 6 rings (SSSR count). The van der Waals surface area contributed by atoms with Crippen molar-refractivity contribution >= 4 is 6.08 Å². The van der Waals surface area contributed by atoms with E-state index in [9.17, 15) is 18.3 Å². The summed E-state index contributed by atoms with van der Waals surface area (Å²) in [6.07, 6.45) is 6.06. The summed E-state index contributed by atoms with van der Waals surface area (Å²) in [6, 6.07) is 5.07. The van der Waals surface area contributed by atoms with Gasteiger partial charge in [-0.15, -0.1) is 0 Å². The Balaban J connectivity index is 1.29. The van der Waals surface area contributed by atoms with Crippen LogP contribution in [0.15, 0.2) is 40.6 Å². The van der Waals surface area contributed by atoms with Crippen molar-refractivity contribution in [3.63, 3.8) is 0 Å². The molecule has 6 atom stereocenters. The second-order valence-electron chi connectivity index (χ2n) is 11.6. The van der Waals surface area contributed by atoms with Crippen molar-refractivity contribution in [1.82, 2.24) is 5.16 Å². The molecular formula is C29H30F3NO2. The van der Waals surface area contributed by atoms with Gasteiger partial charge in [0.2, 0.25) is 0 Å². The minimum absolute atomic E-state index is 0.0766. The number of benzene rings is 1. The lowest BCUT2D eigenvalue weighted by atomic mass is 9.46. The van der Waals surface area contributed by atoms with Gasteiger partial charge in [0, 0.05) is 16.5 Å². The van der Waals surface area contributed by atoms with Crippen molar-refractivity contribution in [2.45, 2.75) is 70.6 Å². The maximum absolute atomic E-state index is 13.1. The molecule has 3 nitrogen and oxygen atoms in total. The van der Waals surface area contributed by atoms with Crippen LogP contribution in [0.25, 0.3) is 6.08 Å². The average molecular weight is 482 g/mol. The van der Waals surface area contributed by atoms with Gasteiger partial charge in [-0.2, -0.15) is 13.2 Å². The lowest BCUT2D eigenvalue weighted by molar-refractivity contribution is -0.137. The normalized spacial score (nSPS) is 37.8. The molecule has 3 saturated carbocycles. The van der Waals surface area contributed by atoms with Crippen molar-refractivity contribution in [2.75, 3.05) is 0 Å². The highest BCUT2D eigenvalue weighted by Crippen LogP contribution is 2.67. The van der Waals surface area contributed by atoms with Gasteiger partial charge in [0.1, 0.15) is 5.60 Å². The molecule has 35 heavy (non-hydrogen) atoms. The fourth-order valence-electron chi connectivity index (χ4n) is 8.05. The van der Waals surface area contributed by atoms with E-state index >= 15 is 0 Å². The molecule has 6 heteroatoms. The maximum atomic E-state index is 13.1. The topological polar surface area (TPSA) is 46.3 Å². The van der Waals surface area contributed by atoms with E-state index in [1.165, 1.54) is 17.2 Å². The molecule has 0 bridgehead atoms. The van der Waals surface area contributed by atoms with E-state index in [2.05, 4.69) is 36.9 Å². The first-order valence-corrected chi connectivity index (χ1v) is 12.6. The Hall–Kier alpha value is -2.52. The smallest absolute Gasteiger partial charge is 0.377 e. The molecule has 0 amide bonds. The molecule has 184 valence electrons. The number of allylic oxidation sites excluding steroid dienone is 1. The molecule has 0 saturated heterocycles. The largest absolute Gasteiger partial charge is 0.416 e. The average Bonchev–Trinajstić information content (AvgIpc) is 3.37. The summed E-state index contributed by atoms with van der Waals surface area (Å²) in [5.74, 6) is 8.26. The summed E-state index contributed by atoms with van der Waals surface area (Å²) in [7, 11) is 0. The van der Waals surface area contributed by atoms with E-state index in [-0.39, 0.29) is 10.8 Å². The predicted octanol–water partition coefficient (Wildman–Crippen LogP) is 6.66. The van der Waals surface area contributed by atoms with Crippen molar-refractivity contribution in [3.05, 3.63) is 58.5 Å². The minimum Gasteiger partial charge on any atom is -0.377 e. The number of nitrogens with zero attached hydrogens (tertiary/aromatic N) is 1. The quantitative estimate of drug-likeness (QED) is 0.428. The van der Waals surface area contributed by atoms with Gasteiger partial charge >= 0.3 is 6.18 Å². The standard InChI is InChI=1S/C29H30F3NO2/c1-26-16-19-17-33-35-25(19)15-20(26)6-7-22-23(26)9-11-27(2)24(22)10-13-28(27,34)12-8-18-4-3-5-21(14-18)29(30,31)32/h3-5,14-15,17,22-24,34H,6-7,9-11,13,16H2,1-2H3/t22-,23+,24+,26+,27+,28+/m1/s1. The zero-order chi connectivity index (χ0) is 24.6. The first kappa shape index (κ1) is 22.9. The molecule has 1 heterocycles. The predicted molar refractivity (Wildman–Crippen MR) is 126 cm³/mol. The highest BCUT2D eigenvalue weighted by Gasteiger charge is 2.63. The van der Waals surface area contributed by atoms with E-state index in [1.807, 2.05) is 6.20 Å². The highest BCUT2D eigenvalue weighted by molar-refractivity contribution is 5.57. The summed E-state index contributed by atoms with van der Waals surface area (Å²) in [6.45, 7) is 4.55. The zero-order valence-corrected chi connectivity index (χ0v) is 20.1. The summed E-state index contributed by atoms with van der Waals surface area (Å²) < 4.78 is 44.8. The Morgan fingerprint density at radius 3 is 2.71 bits per heavy atom. The number of aromatic nitrogens is 1. The van der Waals surface area contributed by atoms with Gasteiger partial charge in [-0.3, -0.25) is 0 Å². The molecule has 4 aliphatic rings. The van der Waals surface area contributed by atoms with Gasteiger partial charge < -0.3 is 9.63 Å². The summed E-state index contributed by atoms with van der Waals surface area (Å²) in [5, 5.41) is 15.8. The Morgan fingerprint density at radius 2 is 1.91 bits per heavy atom. The molecule has 4 aliphatic carbocycles. The number of hydrogen-bond acceptors (Lipinski definition) is 3. The number of aliphatic hydroxyl groups is 1. The van der Waals surface area contributed by atoms with Crippen LogP contribution >= 0.6 is 0 Å². The lowest BCUT2D eigenvalue weighted by Crippen LogP contribution is -2.54. The van der Waals surface area contributed by atoms with Gasteiger partial charge in [-0.1, -0.05) is 42.5 Å². The molecule has 2 aromatic rings. The van der Waals surface area contributed by atoms with Crippen LogP contribution in [0.1, 0.15) is 74.8 Å². The van der Waals surface area contributed by atoms with Crippen LogP contribution in [0.4, 0.5) is 13.2 Å². The van der Waals surface area contributed by atoms with E-state index in [0.717, 1.165) is 56.4 Å². The SMILES string of the molecule is C[C@]12Cc3cnoc3C=C1CC[C@@H]1[C@@H]2CC[C@@]2(C)[C@H]1CC[C@@]2(O)C#Cc1cccc(C(F)(F)F)c1. The summed E-state index contributed by atoms with van der Waals surface area (Å²) in [4.78, 5) is 0. The number of rotatable bonds is 0. The van der Waals surface area contributed by atoms with E-state index in [4.69, 9.17) is 4.52 Å². The first-order chi connectivity index (χ1) is 16.5. The van der Waals surface area contributed by atoms with Crippen molar-refractivity contribution in [1.29, 1.82) is 0 Å². The second kappa shape index (κ2) is 7.49. The molecule has 3 fully saturated rings. The maximum Gasteiger partial charge on any atom is 0.416 e. The van der Waals surface area contributed by atoms with E-state index in [1.54, 1.807) is 6.07 Å². The van der Waals surface area contributed by atoms with Gasteiger partial charge in [0.05, 0.1) is 11.8 Å². The minimum atomic E-state index is -4.41. The summed E-state index contributed by atoms with van der Waals surface area (Å²) >= 11 is 0. The van der Waals surface area contributed by atoms with Crippen LogP contribution in [0, 0.1) is 40.4 Å². The zero-order valence-electron chi connectivity index (χ0n) is 20.1. The monoisotopic (exact) mass is 481 g/mol. The summed E-state index contributed by atoms with van der Waals surface area (Å²) in [5.41, 5.74) is 0.743. The fraction of sp³-hybridized carbons (Fsp3) is 0.552. The molecule has 1 N–H and O–H groups in total. The molecular weight excluding hydrogens is 451 g/mol. The third-order valence-corrected chi connectivity index (χ3v) is 10.0. The van der Waals surface area contributed by atoms with Crippen LogP contribution < -0.4 is 0 Å². The Kier molecular flexibility index (Phi) is 4.90. The molecule has 1 aromatic heterocycles. The molecule has 0 spiro atoms. The number of halogens is 3. The second-order valence-corrected chi connectivity index (χ2v) is 11.6. The molecule has 0 aliphatic heterocycles. The number of fused-ring (bicyclic) bond motifs is 6. The Bertz CT molecular complexity index is 1270. The Morgan fingerprint density at radius 1 is 1.11 bits per heavy atom. The van der Waals surface area contributed by atoms with Crippen LogP contribution in [0.5, 0.6) is 0 Å². The van der Waals surface area contributed by atoms with Gasteiger partial charge in [0.25, 0.3) is 0 Å². The molecule has 1 aromatic carbocycles. The first-order valence-electron chi connectivity index (χ1n) is 12.6. The number of hydrogen-bond donors (Lipinski definition) is 1. The van der Waals surface area contributed by atoms with Crippen LogP contribution in [-0.4, -0.2) is 15.9 Å². The number of alkyl halides is 3. The van der Waals surface area contributed by atoms with Crippen molar-refractivity contribution < 1.29 is 22.8 Å². The fourth-order valence-corrected chi connectivity index (χ4v) is 8.05. The van der Waals surface area contributed by atoms with Gasteiger partial charge in [-0.25, -0.2) is 0 Å². The molecule has 0 unspecified atom stereocenters.